The molecule has 1 saturated heterocycles. The average Bonchev–Trinajstić information content (AvgIpc) is 3.14. The van der Waals surface area contributed by atoms with E-state index in [1.165, 1.54) is 18.5 Å². The zero-order valence-electron chi connectivity index (χ0n) is 18.2. The van der Waals surface area contributed by atoms with Gasteiger partial charge in [-0.25, -0.2) is 13.8 Å². The summed E-state index contributed by atoms with van der Waals surface area (Å²) in [6.45, 7) is 5.82. The number of benzene rings is 1. The standard InChI is InChI=1S/C22H21F2N7OS/c1-12-9-26-21(27-18-6-13(2)30-33-18)28-19(12)31-10-22(11-31,4-5-25)29-20(32)16-7-15(23)8-17(24)14(16)3/h6-9H,4,10-11H2,1-3H3,(H,29,32)(H,26,27,28). The maximum atomic E-state index is 13.9. The Kier molecular flexibility index (Phi) is 5.95. The monoisotopic (exact) mass is 469 g/mol. The highest BCUT2D eigenvalue weighted by atomic mass is 32.1. The second-order valence-corrected chi connectivity index (χ2v) is 8.95. The number of nitrogens with one attached hydrogen (secondary N) is 2. The van der Waals surface area contributed by atoms with E-state index >= 15 is 0 Å². The van der Waals surface area contributed by atoms with Crippen molar-refractivity contribution in [1.29, 1.82) is 5.26 Å². The fraction of sp³-hybridized carbons (Fsp3) is 0.318. The van der Waals surface area contributed by atoms with Crippen molar-refractivity contribution in [3.05, 3.63) is 58.4 Å². The number of aromatic nitrogens is 3. The molecule has 0 atom stereocenters. The number of amides is 1. The summed E-state index contributed by atoms with van der Waals surface area (Å²) < 4.78 is 31.8. The van der Waals surface area contributed by atoms with Gasteiger partial charge in [0.2, 0.25) is 5.95 Å². The molecule has 11 heteroatoms. The summed E-state index contributed by atoms with van der Waals surface area (Å²) >= 11 is 1.31. The van der Waals surface area contributed by atoms with E-state index in [1.54, 1.807) is 6.20 Å². The lowest BCUT2D eigenvalue weighted by atomic mass is 9.85. The number of hydrogen-bond acceptors (Lipinski definition) is 8. The molecule has 1 amide bonds. The second kappa shape index (κ2) is 8.71. The number of hydrogen-bond donors (Lipinski definition) is 2. The van der Waals surface area contributed by atoms with Gasteiger partial charge in [0.1, 0.15) is 22.5 Å². The van der Waals surface area contributed by atoms with Crippen molar-refractivity contribution in [3.8, 4) is 6.07 Å². The number of rotatable bonds is 6. The first kappa shape index (κ1) is 22.5. The van der Waals surface area contributed by atoms with Crippen LogP contribution >= 0.6 is 11.5 Å². The van der Waals surface area contributed by atoms with Gasteiger partial charge < -0.3 is 15.5 Å². The van der Waals surface area contributed by atoms with Gasteiger partial charge in [-0.15, -0.1) is 0 Å². The highest BCUT2D eigenvalue weighted by molar-refractivity contribution is 7.10. The van der Waals surface area contributed by atoms with Crippen molar-refractivity contribution in [2.24, 2.45) is 0 Å². The first-order valence-corrected chi connectivity index (χ1v) is 10.9. The fourth-order valence-electron chi connectivity index (χ4n) is 3.76. The van der Waals surface area contributed by atoms with Crippen LogP contribution in [0.15, 0.2) is 24.4 Å². The van der Waals surface area contributed by atoms with Crippen molar-refractivity contribution < 1.29 is 13.6 Å². The molecule has 1 aliphatic rings. The summed E-state index contributed by atoms with van der Waals surface area (Å²) in [6, 6.07) is 5.72. The average molecular weight is 470 g/mol. The van der Waals surface area contributed by atoms with Crippen molar-refractivity contribution >= 4 is 34.2 Å². The van der Waals surface area contributed by atoms with Crippen LogP contribution in [0.5, 0.6) is 0 Å². The maximum Gasteiger partial charge on any atom is 0.252 e. The van der Waals surface area contributed by atoms with Crippen LogP contribution in [-0.4, -0.2) is 38.9 Å². The minimum Gasteiger partial charge on any atom is -0.351 e. The number of aryl methyl sites for hydroxylation is 2. The predicted octanol–water partition coefficient (Wildman–Crippen LogP) is 3.78. The molecule has 0 bridgehead atoms. The largest absolute Gasteiger partial charge is 0.351 e. The summed E-state index contributed by atoms with van der Waals surface area (Å²) in [4.78, 5) is 23.6. The molecule has 3 aromatic rings. The topological polar surface area (TPSA) is 107 Å². The zero-order chi connectivity index (χ0) is 23.8. The quantitative estimate of drug-likeness (QED) is 0.566. The first-order chi connectivity index (χ1) is 15.7. The van der Waals surface area contributed by atoms with Gasteiger partial charge in [0, 0.05) is 36.5 Å². The van der Waals surface area contributed by atoms with Crippen LogP contribution in [0.1, 0.15) is 33.6 Å². The summed E-state index contributed by atoms with van der Waals surface area (Å²) in [6.07, 6.45) is 1.74. The van der Waals surface area contributed by atoms with Gasteiger partial charge in [-0.05, 0) is 50.0 Å². The van der Waals surface area contributed by atoms with Gasteiger partial charge in [0.15, 0.2) is 0 Å². The molecular formula is C22H21F2N7OS. The van der Waals surface area contributed by atoms with Gasteiger partial charge in [0.05, 0.1) is 23.7 Å². The first-order valence-electron chi connectivity index (χ1n) is 10.1. The summed E-state index contributed by atoms with van der Waals surface area (Å²) in [7, 11) is 0. The molecule has 0 radical (unpaired) electrons. The summed E-state index contributed by atoms with van der Waals surface area (Å²) in [5.74, 6) is -1.17. The van der Waals surface area contributed by atoms with Gasteiger partial charge in [-0.2, -0.15) is 14.6 Å². The zero-order valence-corrected chi connectivity index (χ0v) is 19.1. The number of halogens is 2. The van der Waals surface area contributed by atoms with Gasteiger partial charge in [-0.1, -0.05) is 0 Å². The number of nitrogens with zero attached hydrogens (tertiary/aromatic N) is 5. The fourth-order valence-corrected chi connectivity index (χ4v) is 4.41. The molecule has 0 saturated carbocycles. The van der Waals surface area contributed by atoms with Crippen molar-refractivity contribution in [3.63, 3.8) is 0 Å². The van der Waals surface area contributed by atoms with E-state index in [4.69, 9.17) is 0 Å². The van der Waals surface area contributed by atoms with Crippen LogP contribution in [0.4, 0.5) is 25.5 Å². The molecule has 33 heavy (non-hydrogen) atoms. The highest BCUT2D eigenvalue weighted by Gasteiger charge is 2.45. The third kappa shape index (κ3) is 4.61. The molecule has 0 aliphatic carbocycles. The minimum absolute atomic E-state index is 0.0431. The Hall–Kier alpha value is -3.65. The van der Waals surface area contributed by atoms with Gasteiger partial charge in [0.25, 0.3) is 5.91 Å². The molecule has 0 unspecified atom stereocenters. The molecule has 2 N–H and O–H groups in total. The molecular weight excluding hydrogens is 448 g/mol. The van der Waals surface area contributed by atoms with E-state index in [-0.39, 0.29) is 17.5 Å². The number of anilines is 3. The molecule has 170 valence electrons. The lowest BCUT2D eigenvalue weighted by Gasteiger charge is -2.50. The Morgan fingerprint density at radius 1 is 1.27 bits per heavy atom. The van der Waals surface area contributed by atoms with Crippen molar-refractivity contribution in [2.45, 2.75) is 32.7 Å². The molecule has 0 spiro atoms. The van der Waals surface area contributed by atoms with Crippen LogP contribution < -0.4 is 15.5 Å². The Morgan fingerprint density at radius 2 is 2.03 bits per heavy atom. The summed E-state index contributed by atoms with van der Waals surface area (Å²) in [5, 5.41) is 16.1. The molecule has 3 heterocycles. The Labute approximate surface area is 193 Å². The molecule has 1 fully saturated rings. The third-order valence-corrected chi connectivity index (χ3v) is 6.24. The third-order valence-electron chi connectivity index (χ3n) is 5.44. The van der Waals surface area contributed by atoms with E-state index < -0.39 is 23.1 Å². The molecule has 1 aliphatic heterocycles. The van der Waals surface area contributed by atoms with Gasteiger partial charge in [-0.3, -0.25) is 4.79 Å². The lowest BCUT2D eigenvalue weighted by Crippen LogP contribution is -2.70. The molecule has 2 aromatic heterocycles. The van der Waals surface area contributed by atoms with Crippen molar-refractivity contribution in [2.75, 3.05) is 23.3 Å². The van der Waals surface area contributed by atoms with Crippen LogP contribution in [0.2, 0.25) is 0 Å². The molecule has 1 aromatic carbocycles. The lowest BCUT2D eigenvalue weighted by molar-refractivity contribution is 0.0877. The second-order valence-electron chi connectivity index (χ2n) is 8.14. The summed E-state index contributed by atoms with van der Waals surface area (Å²) in [5.41, 5.74) is 0.829. The van der Waals surface area contributed by atoms with E-state index in [0.717, 1.165) is 28.4 Å². The number of carbonyl (C=O) groups is 1. The highest BCUT2D eigenvalue weighted by Crippen LogP contribution is 2.32. The normalized spacial score (nSPS) is 14.4. The molecule has 8 nitrogen and oxygen atoms in total. The maximum absolute atomic E-state index is 13.9. The van der Waals surface area contributed by atoms with Crippen molar-refractivity contribution in [1.82, 2.24) is 19.7 Å². The predicted molar refractivity (Wildman–Crippen MR) is 121 cm³/mol. The number of nitriles is 1. The number of carbonyl (C=O) groups excluding carboxylic acids is 1. The van der Waals surface area contributed by atoms with E-state index in [9.17, 15) is 18.8 Å². The van der Waals surface area contributed by atoms with E-state index in [0.29, 0.717) is 24.9 Å². The smallest absolute Gasteiger partial charge is 0.252 e. The van der Waals surface area contributed by atoms with Crippen LogP contribution in [-0.2, 0) is 0 Å². The Bertz CT molecular complexity index is 1260. The van der Waals surface area contributed by atoms with Gasteiger partial charge >= 0.3 is 0 Å². The Morgan fingerprint density at radius 3 is 2.70 bits per heavy atom. The Balaban J connectivity index is 1.52. The minimum atomic E-state index is -0.860. The SMILES string of the molecule is Cc1cc(Nc2ncc(C)c(N3CC(CC#N)(NC(=O)c4cc(F)cc(F)c4C)C3)n2)sn1. The van der Waals surface area contributed by atoms with Crippen LogP contribution in [0.25, 0.3) is 0 Å². The molecule has 4 rings (SSSR count). The van der Waals surface area contributed by atoms with E-state index in [1.807, 2.05) is 24.8 Å². The van der Waals surface area contributed by atoms with Crippen LogP contribution in [0.3, 0.4) is 0 Å². The van der Waals surface area contributed by atoms with E-state index in [2.05, 4.69) is 31.0 Å². The van der Waals surface area contributed by atoms with Crippen LogP contribution in [0, 0.1) is 43.7 Å².